The van der Waals surface area contributed by atoms with Gasteiger partial charge in [-0.2, -0.15) is 0 Å². The van der Waals surface area contributed by atoms with Gasteiger partial charge in [0.2, 0.25) is 0 Å². The summed E-state index contributed by atoms with van der Waals surface area (Å²) >= 11 is 0. The number of benzene rings is 18. The number of rotatable bonds is 11. The first-order valence-electron chi connectivity index (χ1n) is 51.4. The molecule has 0 saturated heterocycles. The highest BCUT2D eigenvalue weighted by molar-refractivity contribution is 7.00. The average molecular weight is 1850 g/mol. The van der Waals surface area contributed by atoms with Crippen LogP contribution in [0.15, 0.2) is 376 Å². The monoisotopic (exact) mass is 1850 g/mol. The first-order valence-corrected chi connectivity index (χ1v) is 51.4. The van der Waals surface area contributed by atoms with Crippen LogP contribution in [-0.4, -0.2) is 25.0 Å². The van der Waals surface area contributed by atoms with Crippen LogP contribution in [-0.2, 0) is 37.9 Å². The van der Waals surface area contributed by atoms with Gasteiger partial charge in [0.05, 0.1) is 55.5 Å². The number of aromatic nitrogens is 4. The number of anilines is 6. The van der Waals surface area contributed by atoms with E-state index in [1.807, 2.05) is 0 Å². The second-order valence-corrected chi connectivity index (χ2v) is 47.8. The van der Waals surface area contributed by atoms with Crippen molar-refractivity contribution in [2.24, 2.45) is 0 Å². The van der Waals surface area contributed by atoms with Gasteiger partial charge in [-0.25, -0.2) is 0 Å². The Kier molecular flexibility index (Phi) is 20.7. The minimum absolute atomic E-state index is 0.0610. The summed E-state index contributed by atoms with van der Waals surface area (Å²) in [5.74, 6) is 0. The van der Waals surface area contributed by atoms with E-state index in [-0.39, 0.29) is 39.2 Å². The zero-order valence-electron chi connectivity index (χ0n) is 86.6. The third-order valence-electron chi connectivity index (χ3n) is 31.2. The molecule has 143 heavy (non-hydrogen) atoms. The predicted octanol–water partition coefficient (Wildman–Crippen LogP) is 35.6. The fourth-order valence-corrected chi connectivity index (χ4v) is 23.3. The summed E-state index contributed by atoms with van der Waals surface area (Å²) in [4.78, 5) is 5.62. The largest absolute Gasteiger partial charge is 0.310 e. The van der Waals surface area contributed by atoms with Crippen LogP contribution in [0.5, 0.6) is 0 Å². The molecule has 22 aromatic rings. The molecule has 4 aromatic heterocycles. The van der Waals surface area contributed by atoms with Gasteiger partial charge in [-0.15, -0.1) is 0 Å². The lowest BCUT2D eigenvalue weighted by atomic mass is 9.33. The number of fused-ring (bicyclic) bond motifs is 16. The molecule has 6 heterocycles. The lowest BCUT2D eigenvalue weighted by Gasteiger charge is -2.46. The van der Waals surface area contributed by atoms with Crippen LogP contribution in [0.25, 0.3) is 166 Å². The third kappa shape index (κ3) is 15.0. The van der Waals surface area contributed by atoms with Crippen LogP contribution in [0.3, 0.4) is 0 Å². The van der Waals surface area contributed by atoms with E-state index in [0.29, 0.717) is 0 Å². The molecule has 2 aliphatic rings. The van der Waals surface area contributed by atoms with Gasteiger partial charge in [-0.3, -0.25) is 0 Å². The van der Waals surface area contributed by atoms with Crippen molar-refractivity contribution in [2.75, 3.05) is 9.80 Å². The van der Waals surface area contributed by atoms with Crippen molar-refractivity contribution in [2.45, 2.75) is 183 Å². The summed E-state index contributed by atoms with van der Waals surface area (Å²) in [6.07, 6.45) is 0. The first kappa shape index (κ1) is 90.4. The van der Waals surface area contributed by atoms with Gasteiger partial charge in [0, 0.05) is 111 Å². The quantitative estimate of drug-likeness (QED) is 0.121. The standard InChI is InChI=1S/C136H125BN6/c1-130(2,3)90-58-48-84(49-59-90)89-72-105(85-50-60-91(61-51-85)131(4,5)6)128(106(73-89)86-52-62-92(63-53-86)132(7,8)9)142-123-78-99(140-117-46-34-30-42-103(117)111-80-109-101-40-28-32-44-115(101)138(119(109)82-121(111)140)97-36-24-22-25-37-97)68-70-113(123)137-114-71-69-100(141-118-47-35-31-43-104(118)112-81-110-102-41-29-33-45-116(102)139(120(110)83-122(112)141)98-38-26-23-27-39-98)79-124(114)143(126-77-96(136(19,20)21)76-125(142)127(126)137)129-107(87-54-64-93(65-55-87)133(10,11)12)74-95(135(16,17)18)75-108(129)88-56-66-94(67-57-88)134(13,14)15/h22-83H,1-21H3. The van der Waals surface area contributed by atoms with E-state index in [9.17, 15) is 0 Å². The zero-order valence-corrected chi connectivity index (χ0v) is 86.6. The Hall–Kier alpha value is -15.2. The van der Waals surface area contributed by atoms with E-state index in [1.165, 1.54) is 109 Å². The molecule has 0 N–H and O–H groups in total. The number of hydrogen-bond donors (Lipinski definition) is 0. The minimum atomic E-state index is -0.441. The lowest BCUT2D eigenvalue weighted by Crippen LogP contribution is -2.61. The number of hydrogen-bond acceptors (Lipinski definition) is 2. The van der Waals surface area contributed by atoms with E-state index in [4.69, 9.17) is 0 Å². The molecule has 0 fully saturated rings. The smallest absolute Gasteiger partial charge is 0.252 e. The molecule has 0 amide bonds. The molecule has 0 spiro atoms. The summed E-state index contributed by atoms with van der Waals surface area (Å²) < 4.78 is 10.1. The van der Waals surface area contributed by atoms with Gasteiger partial charge < -0.3 is 28.1 Å². The summed E-state index contributed by atoms with van der Waals surface area (Å²) in [5, 5.41) is 9.68. The van der Waals surface area contributed by atoms with Crippen molar-refractivity contribution in [3.05, 3.63) is 415 Å². The summed E-state index contributed by atoms with van der Waals surface area (Å²) in [7, 11) is 0. The van der Waals surface area contributed by atoms with E-state index >= 15 is 0 Å². The van der Waals surface area contributed by atoms with Crippen molar-refractivity contribution in [3.8, 4) is 78.4 Å². The van der Waals surface area contributed by atoms with Gasteiger partial charge in [-0.1, -0.05) is 388 Å². The molecule has 702 valence electrons. The van der Waals surface area contributed by atoms with Crippen molar-refractivity contribution in [1.29, 1.82) is 0 Å². The summed E-state index contributed by atoms with van der Waals surface area (Å²) in [6.45, 7) is 49.2. The minimum Gasteiger partial charge on any atom is -0.310 e. The number of nitrogens with zero attached hydrogens (tertiary/aromatic N) is 6. The number of para-hydroxylation sites is 6. The SMILES string of the molecule is CC(C)(C)c1ccc(-c2cc(-c3ccc(C(C)(C)C)cc3)c(N3c4cc(-n5c6ccccc6c6cc7c8ccccc8n(-c8ccccc8)c7cc65)ccc4B4c5ccc(-n6c7ccccc7c7cc8c9ccccc9n(-c9ccccc9)c8cc76)cc5N(c5c(-c6ccc(C(C)(C)C)cc6)cc(C(C)(C)C)cc5-c5ccc(C(C)(C)C)cc5)c5cc(C(C)(C)C)cc3c54)c(-c3ccc(C(C)(C)C)cc3)c2)cc1. The van der Waals surface area contributed by atoms with Crippen molar-refractivity contribution in [3.63, 3.8) is 0 Å². The topological polar surface area (TPSA) is 26.2 Å². The maximum Gasteiger partial charge on any atom is 0.252 e. The van der Waals surface area contributed by atoms with Gasteiger partial charge >= 0.3 is 0 Å². The summed E-state index contributed by atoms with van der Waals surface area (Å²) in [5.41, 5.74) is 42.9. The van der Waals surface area contributed by atoms with Crippen LogP contribution >= 0.6 is 0 Å². The van der Waals surface area contributed by atoms with Crippen molar-refractivity contribution < 1.29 is 0 Å². The Morgan fingerprint density at radius 1 is 0.168 bits per heavy atom. The molecule has 0 aliphatic carbocycles. The summed E-state index contributed by atoms with van der Waals surface area (Å²) in [6, 6.07) is 147. The molecule has 0 saturated carbocycles. The van der Waals surface area contributed by atoms with Crippen LogP contribution in [0, 0.1) is 0 Å². The Labute approximate surface area is 843 Å². The molecular formula is C136H125BN6. The molecule has 0 atom stereocenters. The molecule has 0 bridgehead atoms. The van der Waals surface area contributed by atoms with Gasteiger partial charge in [0.15, 0.2) is 0 Å². The highest BCUT2D eigenvalue weighted by atomic mass is 15.2. The fourth-order valence-electron chi connectivity index (χ4n) is 23.3. The normalized spacial score (nSPS) is 13.3. The molecule has 18 aromatic carbocycles. The van der Waals surface area contributed by atoms with Gasteiger partial charge in [0.25, 0.3) is 6.71 Å². The maximum atomic E-state index is 2.81. The zero-order chi connectivity index (χ0) is 98.9. The first-order chi connectivity index (χ1) is 68.3. The molecular weight excluding hydrogens is 1730 g/mol. The Bertz CT molecular complexity index is 8760. The molecule has 24 rings (SSSR count). The molecule has 0 radical (unpaired) electrons. The van der Waals surface area contributed by atoms with Gasteiger partial charge in [0.1, 0.15) is 0 Å². The van der Waals surface area contributed by atoms with Crippen molar-refractivity contribution in [1.82, 2.24) is 18.3 Å². The predicted molar refractivity (Wildman–Crippen MR) is 616 cm³/mol. The van der Waals surface area contributed by atoms with E-state index < -0.39 is 5.41 Å². The van der Waals surface area contributed by atoms with E-state index in [0.717, 1.165) is 146 Å². The molecule has 2 aliphatic heterocycles. The second-order valence-electron chi connectivity index (χ2n) is 47.8. The van der Waals surface area contributed by atoms with Crippen molar-refractivity contribution >= 4 is 144 Å². The highest BCUT2D eigenvalue weighted by Crippen LogP contribution is 2.58. The van der Waals surface area contributed by atoms with Crippen LogP contribution in [0.2, 0.25) is 0 Å². The van der Waals surface area contributed by atoms with Crippen LogP contribution in [0.4, 0.5) is 34.1 Å². The van der Waals surface area contributed by atoms with Crippen LogP contribution < -0.4 is 26.2 Å². The Balaban J connectivity index is 0.881. The second kappa shape index (κ2) is 32.7. The average Bonchev–Trinajstić information content (AvgIpc) is 1.66. The van der Waals surface area contributed by atoms with E-state index in [1.54, 1.807) is 0 Å². The Morgan fingerprint density at radius 3 is 0.706 bits per heavy atom. The Morgan fingerprint density at radius 2 is 0.420 bits per heavy atom. The third-order valence-corrected chi connectivity index (χ3v) is 31.2. The van der Waals surface area contributed by atoms with Crippen LogP contribution in [0.1, 0.15) is 184 Å². The fraction of sp³-hybridized carbons (Fsp3) is 0.206. The molecule has 6 nitrogen and oxygen atoms in total. The highest BCUT2D eigenvalue weighted by Gasteiger charge is 2.47. The van der Waals surface area contributed by atoms with E-state index in [2.05, 4.69) is 550 Å². The van der Waals surface area contributed by atoms with Gasteiger partial charge in [-0.05, 0) is 260 Å². The molecule has 0 unspecified atom stereocenters. The molecule has 7 heteroatoms. The maximum absolute atomic E-state index is 2.81. The lowest BCUT2D eigenvalue weighted by molar-refractivity contribution is 0.589.